The maximum absolute atomic E-state index is 12.7. The number of aromatic nitrogens is 2. The summed E-state index contributed by atoms with van der Waals surface area (Å²) in [7, 11) is 1.61. The van der Waals surface area contributed by atoms with Crippen LogP contribution in [0.4, 0.5) is 5.69 Å². The van der Waals surface area contributed by atoms with Crippen molar-refractivity contribution in [2.45, 2.75) is 11.7 Å². The summed E-state index contributed by atoms with van der Waals surface area (Å²) in [6.45, 7) is 0.608. The van der Waals surface area contributed by atoms with Gasteiger partial charge in [0.05, 0.1) is 35.4 Å². The first kappa shape index (κ1) is 20.6. The monoisotopic (exact) mass is 433 g/mol. The number of fused-ring (bicyclic) bond motifs is 1. The molecule has 4 aromatic rings. The molecule has 0 unspecified atom stereocenters. The number of ether oxygens (including phenoxy) is 1. The lowest BCUT2D eigenvalue weighted by molar-refractivity contribution is -0.384. The van der Waals surface area contributed by atoms with Crippen LogP contribution in [0.1, 0.15) is 15.9 Å². The van der Waals surface area contributed by atoms with Gasteiger partial charge in [-0.05, 0) is 17.7 Å². The van der Waals surface area contributed by atoms with Gasteiger partial charge in [0.25, 0.3) is 5.69 Å². The molecule has 0 amide bonds. The number of Topliss-reactive ketones (excluding diaryl/α,β-unsaturated/α-hetero) is 1. The number of methoxy groups -OCH3 is 1. The van der Waals surface area contributed by atoms with Crippen LogP contribution in [0.25, 0.3) is 11.0 Å². The van der Waals surface area contributed by atoms with Gasteiger partial charge in [0.2, 0.25) is 0 Å². The fraction of sp³-hybridized carbons (Fsp3) is 0.130. The highest BCUT2D eigenvalue weighted by Crippen LogP contribution is 2.28. The molecular formula is C23H19N3O4S. The number of thioether (sulfide) groups is 1. The molecule has 0 atom stereocenters. The molecule has 0 fully saturated rings. The Labute approximate surface area is 182 Å². The number of carbonyl (C=O) groups is 1. The normalized spacial score (nSPS) is 10.9. The predicted octanol–water partition coefficient (Wildman–Crippen LogP) is 4.98. The average Bonchev–Trinajstić information content (AvgIpc) is 3.14. The minimum atomic E-state index is -0.503. The molecule has 4 rings (SSSR count). The standard InChI is InChI=1S/C23H19N3O4S/c1-30-19-10-11-21-20(13-19)24-23(25(21)14-16-6-3-2-4-7-16)31-15-22(27)17-8-5-9-18(12-17)26(28)29/h2-13H,14-15H2,1H3. The van der Waals surface area contributed by atoms with Gasteiger partial charge in [0, 0.05) is 23.8 Å². The molecule has 0 aliphatic carbocycles. The number of hydrogen-bond donors (Lipinski definition) is 0. The number of nitro benzene ring substituents is 1. The Bertz CT molecular complexity index is 1250. The number of hydrogen-bond acceptors (Lipinski definition) is 6. The molecule has 0 spiro atoms. The van der Waals surface area contributed by atoms with E-state index in [2.05, 4.69) is 4.57 Å². The first-order valence-electron chi connectivity index (χ1n) is 9.54. The quantitative estimate of drug-likeness (QED) is 0.169. The fourth-order valence-corrected chi connectivity index (χ4v) is 4.16. The lowest BCUT2D eigenvalue weighted by Crippen LogP contribution is -2.06. The van der Waals surface area contributed by atoms with Gasteiger partial charge in [0.1, 0.15) is 5.75 Å². The third kappa shape index (κ3) is 4.59. The van der Waals surface area contributed by atoms with Crippen LogP contribution < -0.4 is 4.74 Å². The first-order chi connectivity index (χ1) is 15.0. The van der Waals surface area contributed by atoms with Gasteiger partial charge < -0.3 is 9.30 Å². The molecular weight excluding hydrogens is 414 g/mol. The van der Waals surface area contributed by atoms with Crippen LogP contribution in [0.5, 0.6) is 5.75 Å². The molecule has 0 saturated heterocycles. The first-order valence-corrected chi connectivity index (χ1v) is 10.5. The molecule has 0 N–H and O–H groups in total. The van der Waals surface area contributed by atoms with E-state index in [-0.39, 0.29) is 17.2 Å². The molecule has 1 heterocycles. The van der Waals surface area contributed by atoms with Gasteiger partial charge in [0.15, 0.2) is 10.9 Å². The van der Waals surface area contributed by atoms with Crippen LogP contribution in [0.15, 0.2) is 78.0 Å². The molecule has 1 aromatic heterocycles. The lowest BCUT2D eigenvalue weighted by Gasteiger charge is -2.09. The summed E-state index contributed by atoms with van der Waals surface area (Å²) in [6.07, 6.45) is 0. The number of ketones is 1. The molecule has 7 nitrogen and oxygen atoms in total. The Hall–Kier alpha value is -3.65. The molecule has 156 valence electrons. The highest BCUT2D eigenvalue weighted by Gasteiger charge is 2.16. The number of rotatable bonds is 8. The number of carbonyl (C=O) groups excluding carboxylic acids is 1. The number of nitrogens with zero attached hydrogens (tertiary/aromatic N) is 3. The maximum Gasteiger partial charge on any atom is 0.270 e. The van der Waals surface area contributed by atoms with Gasteiger partial charge >= 0.3 is 0 Å². The van der Waals surface area contributed by atoms with E-state index < -0.39 is 4.92 Å². The van der Waals surface area contributed by atoms with Crippen molar-refractivity contribution in [1.29, 1.82) is 0 Å². The van der Waals surface area contributed by atoms with E-state index in [4.69, 9.17) is 9.72 Å². The van der Waals surface area contributed by atoms with E-state index in [9.17, 15) is 14.9 Å². The van der Waals surface area contributed by atoms with Crippen LogP contribution in [0.3, 0.4) is 0 Å². The number of non-ortho nitro benzene ring substituents is 1. The predicted molar refractivity (Wildman–Crippen MR) is 120 cm³/mol. The van der Waals surface area contributed by atoms with Crippen LogP contribution >= 0.6 is 11.8 Å². The van der Waals surface area contributed by atoms with Crippen molar-refractivity contribution in [1.82, 2.24) is 9.55 Å². The van der Waals surface area contributed by atoms with Gasteiger partial charge in [-0.3, -0.25) is 14.9 Å². The maximum atomic E-state index is 12.7. The molecule has 3 aromatic carbocycles. The molecule has 0 bridgehead atoms. The summed E-state index contributed by atoms with van der Waals surface area (Å²) in [5.41, 5.74) is 3.05. The summed E-state index contributed by atoms with van der Waals surface area (Å²) >= 11 is 1.31. The zero-order valence-corrected chi connectivity index (χ0v) is 17.5. The summed E-state index contributed by atoms with van der Waals surface area (Å²) in [5, 5.41) is 11.7. The SMILES string of the molecule is COc1ccc2c(c1)nc(SCC(=O)c1cccc([N+](=O)[O-])c1)n2Cc1ccccc1. The molecule has 0 aliphatic heterocycles. The van der Waals surface area contributed by atoms with Crippen molar-refractivity contribution < 1.29 is 14.5 Å². The highest BCUT2D eigenvalue weighted by atomic mass is 32.2. The average molecular weight is 433 g/mol. The van der Waals surface area contributed by atoms with Crippen LogP contribution in [0.2, 0.25) is 0 Å². The molecule has 0 aliphatic rings. The summed E-state index contributed by atoms with van der Waals surface area (Å²) in [5.74, 6) is 0.641. The third-order valence-electron chi connectivity index (χ3n) is 4.82. The van der Waals surface area contributed by atoms with Gasteiger partial charge in [-0.25, -0.2) is 4.98 Å². The minimum Gasteiger partial charge on any atom is -0.497 e. The Kier molecular flexibility index (Phi) is 5.99. The second kappa shape index (κ2) is 9.01. The largest absolute Gasteiger partial charge is 0.497 e. The van der Waals surface area contributed by atoms with Crippen molar-refractivity contribution in [3.05, 3.63) is 94.0 Å². The molecule has 0 saturated carbocycles. The third-order valence-corrected chi connectivity index (χ3v) is 5.79. The Morgan fingerprint density at radius 1 is 1.10 bits per heavy atom. The van der Waals surface area contributed by atoms with E-state index in [1.54, 1.807) is 13.2 Å². The zero-order chi connectivity index (χ0) is 21.8. The highest BCUT2D eigenvalue weighted by molar-refractivity contribution is 7.99. The van der Waals surface area contributed by atoms with Crippen molar-refractivity contribution in [3.8, 4) is 5.75 Å². The van der Waals surface area contributed by atoms with Crippen molar-refractivity contribution in [3.63, 3.8) is 0 Å². The molecule has 8 heteroatoms. The van der Waals surface area contributed by atoms with E-state index in [0.717, 1.165) is 16.6 Å². The fourth-order valence-electron chi connectivity index (χ4n) is 3.25. The number of imidazole rings is 1. The topological polar surface area (TPSA) is 87.3 Å². The van der Waals surface area contributed by atoms with Crippen molar-refractivity contribution in [2.75, 3.05) is 12.9 Å². The Morgan fingerprint density at radius 3 is 2.65 bits per heavy atom. The number of nitro groups is 1. The second-order valence-corrected chi connectivity index (χ2v) is 7.78. The zero-order valence-electron chi connectivity index (χ0n) is 16.7. The van der Waals surface area contributed by atoms with Gasteiger partial charge in [-0.2, -0.15) is 0 Å². The molecule has 31 heavy (non-hydrogen) atoms. The van der Waals surface area contributed by atoms with Crippen molar-refractivity contribution >= 4 is 34.3 Å². The van der Waals surface area contributed by atoms with Crippen LogP contribution in [-0.4, -0.2) is 33.1 Å². The summed E-state index contributed by atoms with van der Waals surface area (Å²) < 4.78 is 7.38. The Balaban J connectivity index is 1.63. The summed E-state index contributed by atoms with van der Waals surface area (Å²) in [6, 6.07) is 21.5. The second-order valence-electron chi connectivity index (χ2n) is 6.84. The summed E-state index contributed by atoms with van der Waals surface area (Å²) in [4.78, 5) is 27.9. The van der Waals surface area contributed by atoms with Gasteiger partial charge in [-0.1, -0.05) is 54.2 Å². The van der Waals surface area contributed by atoms with Gasteiger partial charge in [-0.15, -0.1) is 0 Å². The van der Waals surface area contributed by atoms with E-state index >= 15 is 0 Å². The number of benzene rings is 3. The van der Waals surface area contributed by atoms with Crippen molar-refractivity contribution in [2.24, 2.45) is 0 Å². The van der Waals surface area contributed by atoms with E-state index in [1.165, 1.54) is 30.0 Å². The Morgan fingerprint density at radius 2 is 1.90 bits per heavy atom. The van der Waals surface area contributed by atoms with E-state index in [1.807, 2.05) is 48.5 Å². The van der Waals surface area contributed by atoms with Crippen LogP contribution in [-0.2, 0) is 6.54 Å². The molecule has 0 radical (unpaired) electrons. The van der Waals surface area contributed by atoms with E-state index in [0.29, 0.717) is 23.0 Å². The van der Waals surface area contributed by atoms with Crippen LogP contribution in [0, 0.1) is 10.1 Å². The smallest absolute Gasteiger partial charge is 0.270 e. The lowest BCUT2D eigenvalue weighted by atomic mass is 10.1. The minimum absolute atomic E-state index is 0.0979.